The standard InChI is InChI=1S/C17H20ClNO3/c18-13-3-1-4-14(11-13)19-8-7-16(15(19)20)5-2-6-17(12-16)21-9-10-22-17/h1,3-4,11H,2,5-10,12H2. The molecule has 2 saturated heterocycles. The Morgan fingerprint density at radius 3 is 2.73 bits per heavy atom. The van der Waals surface area contributed by atoms with Crippen molar-refractivity contribution in [2.75, 3.05) is 24.7 Å². The molecular weight excluding hydrogens is 302 g/mol. The number of hydrogen-bond acceptors (Lipinski definition) is 3. The minimum atomic E-state index is -0.516. The van der Waals surface area contributed by atoms with Crippen LogP contribution in [0.1, 0.15) is 32.1 Å². The smallest absolute Gasteiger partial charge is 0.233 e. The van der Waals surface area contributed by atoms with Gasteiger partial charge in [-0.2, -0.15) is 0 Å². The van der Waals surface area contributed by atoms with Crippen molar-refractivity contribution < 1.29 is 14.3 Å². The second-order valence-electron chi connectivity index (χ2n) is 6.60. The van der Waals surface area contributed by atoms with Crippen LogP contribution in [0.2, 0.25) is 5.02 Å². The van der Waals surface area contributed by atoms with E-state index in [2.05, 4.69) is 0 Å². The average Bonchev–Trinajstić information content (AvgIpc) is 3.06. The van der Waals surface area contributed by atoms with Gasteiger partial charge in [0, 0.05) is 30.1 Å². The van der Waals surface area contributed by atoms with Crippen LogP contribution in [0.25, 0.3) is 0 Å². The number of ether oxygens (including phenoxy) is 2. The van der Waals surface area contributed by atoms with Crippen molar-refractivity contribution in [1.29, 1.82) is 0 Å². The molecule has 3 fully saturated rings. The van der Waals surface area contributed by atoms with E-state index < -0.39 is 5.79 Å². The molecule has 1 aliphatic carbocycles. The molecule has 1 aromatic rings. The molecule has 1 saturated carbocycles. The van der Waals surface area contributed by atoms with Gasteiger partial charge in [0.15, 0.2) is 5.79 Å². The van der Waals surface area contributed by atoms with Crippen molar-refractivity contribution in [2.45, 2.75) is 37.9 Å². The van der Waals surface area contributed by atoms with E-state index in [1.165, 1.54) is 0 Å². The zero-order valence-corrected chi connectivity index (χ0v) is 13.3. The molecule has 1 atom stereocenters. The van der Waals surface area contributed by atoms with E-state index in [0.717, 1.165) is 37.9 Å². The second-order valence-corrected chi connectivity index (χ2v) is 7.04. The first-order chi connectivity index (χ1) is 10.6. The van der Waals surface area contributed by atoms with Crippen molar-refractivity contribution in [3.05, 3.63) is 29.3 Å². The summed E-state index contributed by atoms with van der Waals surface area (Å²) in [6, 6.07) is 7.53. The zero-order chi connectivity index (χ0) is 15.2. The molecule has 2 aliphatic heterocycles. The lowest BCUT2D eigenvalue weighted by Gasteiger charge is -2.41. The van der Waals surface area contributed by atoms with Crippen molar-refractivity contribution in [2.24, 2.45) is 5.41 Å². The van der Waals surface area contributed by atoms with E-state index in [4.69, 9.17) is 21.1 Å². The van der Waals surface area contributed by atoms with Gasteiger partial charge in [0.05, 0.1) is 18.6 Å². The van der Waals surface area contributed by atoms with Gasteiger partial charge in [-0.05, 0) is 37.5 Å². The molecule has 2 spiro atoms. The van der Waals surface area contributed by atoms with Crippen LogP contribution >= 0.6 is 11.6 Å². The number of rotatable bonds is 1. The van der Waals surface area contributed by atoms with Crippen molar-refractivity contribution >= 4 is 23.2 Å². The molecule has 1 aromatic carbocycles. The van der Waals surface area contributed by atoms with E-state index in [1.54, 1.807) is 0 Å². The van der Waals surface area contributed by atoms with Crippen molar-refractivity contribution in [1.82, 2.24) is 0 Å². The Bertz CT molecular complexity index is 599. The molecule has 4 rings (SSSR count). The van der Waals surface area contributed by atoms with E-state index >= 15 is 0 Å². The van der Waals surface area contributed by atoms with Gasteiger partial charge in [0.2, 0.25) is 5.91 Å². The van der Waals surface area contributed by atoms with Crippen molar-refractivity contribution in [3.63, 3.8) is 0 Å². The molecule has 0 radical (unpaired) electrons. The monoisotopic (exact) mass is 321 g/mol. The van der Waals surface area contributed by atoms with E-state index in [1.807, 2.05) is 29.2 Å². The maximum Gasteiger partial charge on any atom is 0.233 e. The molecule has 0 aromatic heterocycles. The summed E-state index contributed by atoms with van der Waals surface area (Å²) in [5, 5.41) is 0.661. The predicted molar refractivity (Wildman–Crippen MR) is 84.0 cm³/mol. The first kappa shape index (κ1) is 14.5. The van der Waals surface area contributed by atoms with Crippen LogP contribution in [-0.4, -0.2) is 31.5 Å². The third-order valence-corrected chi connectivity index (χ3v) is 5.50. The maximum absolute atomic E-state index is 13.1. The van der Waals surface area contributed by atoms with E-state index in [9.17, 15) is 4.79 Å². The molecule has 1 amide bonds. The highest BCUT2D eigenvalue weighted by Crippen LogP contribution is 2.51. The number of carbonyl (C=O) groups excluding carboxylic acids is 1. The topological polar surface area (TPSA) is 38.8 Å². The fourth-order valence-electron chi connectivity index (χ4n) is 4.24. The molecule has 0 bridgehead atoms. The Hall–Kier alpha value is -1.10. The molecule has 118 valence electrons. The largest absolute Gasteiger partial charge is 0.347 e. The number of nitrogens with zero attached hydrogens (tertiary/aromatic N) is 1. The highest BCUT2D eigenvalue weighted by molar-refractivity contribution is 6.31. The van der Waals surface area contributed by atoms with E-state index in [0.29, 0.717) is 24.7 Å². The number of carbonyl (C=O) groups is 1. The summed E-state index contributed by atoms with van der Waals surface area (Å²) in [5.74, 6) is -0.314. The van der Waals surface area contributed by atoms with Gasteiger partial charge < -0.3 is 14.4 Å². The lowest BCUT2D eigenvalue weighted by atomic mass is 9.70. The first-order valence-electron chi connectivity index (χ1n) is 7.98. The summed E-state index contributed by atoms with van der Waals surface area (Å²) in [6.45, 7) is 2.03. The Morgan fingerprint density at radius 2 is 1.95 bits per heavy atom. The molecule has 0 N–H and O–H groups in total. The van der Waals surface area contributed by atoms with Gasteiger partial charge in [0.1, 0.15) is 0 Å². The van der Waals surface area contributed by atoms with Gasteiger partial charge in [-0.25, -0.2) is 0 Å². The molecule has 1 unspecified atom stereocenters. The maximum atomic E-state index is 13.1. The zero-order valence-electron chi connectivity index (χ0n) is 12.5. The molecule has 4 nitrogen and oxygen atoms in total. The number of anilines is 1. The lowest BCUT2D eigenvalue weighted by molar-refractivity contribution is -0.201. The van der Waals surface area contributed by atoms with Crippen LogP contribution in [0.4, 0.5) is 5.69 Å². The van der Waals surface area contributed by atoms with Crippen LogP contribution in [0.15, 0.2) is 24.3 Å². The Labute approximate surface area is 135 Å². The Kier molecular flexibility index (Phi) is 3.44. The van der Waals surface area contributed by atoms with Gasteiger partial charge in [-0.1, -0.05) is 17.7 Å². The quantitative estimate of drug-likeness (QED) is 0.796. The lowest BCUT2D eigenvalue weighted by Crippen LogP contribution is -2.46. The van der Waals surface area contributed by atoms with Gasteiger partial charge in [0.25, 0.3) is 0 Å². The average molecular weight is 322 g/mol. The third-order valence-electron chi connectivity index (χ3n) is 5.27. The van der Waals surface area contributed by atoms with Gasteiger partial charge >= 0.3 is 0 Å². The Balaban J connectivity index is 1.60. The second kappa shape index (κ2) is 5.22. The number of benzene rings is 1. The van der Waals surface area contributed by atoms with Crippen LogP contribution < -0.4 is 4.90 Å². The van der Waals surface area contributed by atoms with Crippen molar-refractivity contribution in [3.8, 4) is 0 Å². The fraction of sp³-hybridized carbons (Fsp3) is 0.588. The third kappa shape index (κ3) is 2.25. The van der Waals surface area contributed by atoms with Crippen LogP contribution in [-0.2, 0) is 14.3 Å². The minimum absolute atomic E-state index is 0.202. The predicted octanol–water partition coefficient (Wildman–Crippen LogP) is 3.38. The summed E-state index contributed by atoms with van der Waals surface area (Å²) in [4.78, 5) is 15.0. The summed E-state index contributed by atoms with van der Waals surface area (Å²) in [7, 11) is 0. The van der Waals surface area contributed by atoms with Crippen LogP contribution in [0, 0.1) is 5.41 Å². The molecule has 5 heteroatoms. The first-order valence-corrected chi connectivity index (χ1v) is 8.36. The Morgan fingerprint density at radius 1 is 1.14 bits per heavy atom. The van der Waals surface area contributed by atoms with Crippen LogP contribution in [0.5, 0.6) is 0 Å². The summed E-state index contributed by atoms with van der Waals surface area (Å²) in [5.41, 5.74) is 0.563. The molecule has 22 heavy (non-hydrogen) atoms. The number of halogens is 1. The molecular formula is C17H20ClNO3. The number of amides is 1. The summed E-state index contributed by atoms with van der Waals surface area (Å²) >= 11 is 6.07. The minimum Gasteiger partial charge on any atom is -0.347 e. The normalized spacial score (nSPS) is 30.6. The molecule has 2 heterocycles. The van der Waals surface area contributed by atoms with Crippen LogP contribution in [0.3, 0.4) is 0 Å². The highest BCUT2D eigenvalue weighted by Gasteiger charge is 2.55. The van der Waals surface area contributed by atoms with Gasteiger partial charge in [-0.15, -0.1) is 0 Å². The van der Waals surface area contributed by atoms with Gasteiger partial charge in [-0.3, -0.25) is 4.79 Å². The summed E-state index contributed by atoms with van der Waals surface area (Å²) < 4.78 is 11.7. The fourth-order valence-corrected chi connectivity index (χ4v) is 4.42. The van der Waals surface area contributed by atoms with E-state index in [-0.39, 0.29) is 11.3 Å². The number of hydrogen-bond donors (Lipinski definition) is 0. The molecule has 3 aliphatic rings. The SMILES string of the molecule is O=C1N(c2cccc(Cl)c2)CCC12CCCC1(C2)OCCO1. The highest BCUT2D eigenvalue weighted by atomic mass is 35.5. The summed E-state index contributed by atoms with van der Waals surface area (Å²) in [6.07, 6.45) is 4.37.